The van der Waals surface area contributed by atoms with Gasteiger partial charge in [-0.3, -0.25) is 0 Å². The summed E-state index contributed by atoms with van der Waals surface area (Å²) in [5, 5.41) is 0. The van der Waals surface area contributed by atoms with Crippen molar-refractivity contribution in [3.63, 3.8) is 0 Å². The summed E-state index contributed by atoms with van der Waals surface area (Å²) in [6.45, 7) is -0.200. The largest absolute Gasteiger partial charge is 0.497 e. The summed E-state index contributed by atoms with van der Waals surface area (Å²) < 4.78 is 37.5. The third-order valence-electron chi connectivity index (χ3n) is 2.85. The standard InChI is InChI=1S/C15H13ClF2O2/c1-19-11-5-6-15(10(7-11)8-16)20-9-12-13(17)3-2-4-14(12)18/h2-7H,8-9H2,1H3. The van der Waals surface area contributed by atoms with Crippen molar-refractivity contribution in [2.75, 3.05) is 7.11 Å². The van der Waals surface area contributed by atoms with Gasteiger partial charge in [0.2, 0.25) is 0 Å². The van der Waals surface area contributed by atoms with Crippen LogP contribution in [0.1, 0.15) is 11.1 Å². The summed E-state index contributed by atoms with van der Waals surface area (Å²) in [5.74, 6) is 0.0668. The molecule has 0 saturated carbocycles. The molecule has 0 aliphatic heterocycles. The highest BCUT2D eigenvalue weighted by Gasteiger charge is 2.11. The minimum atomic E-state index is -0.633. The molecule has 0 N–H and O–H groups in total. The Balaban J connectivity index is 2.19. The summed E-state index contributed by atoms with van der Waals surface area (Å²) in [4.78, 5) is 0. The fourth-order valence-electron chi connectivity index (χ4n) is 1.75. The zero-order chi connectivity index (χ0) is 14.5. The van der Waals surface area contributed by atoms with Crippen LogP contribution < -0.4 is 9.47 Å². The second-order valence-electron chi connectivity index (χ2n) is 4.10. The Kier molecular flexibility index (Phi) is 4.79. The van der Waals surface area contributed by atoms with Crippen molar-refractivity contribution in [2.45, 2.75) is 12.5 Å². The van der Waals surface area contributed by atoms with Gasteiger partial charge in [0.05, 0.1) is 18.6 Å². The van der Waals surface area contributed by atoms with E-state index in [9.17, 15) is 8.78 Å². The molecule has 5 heteroatoms. The average molecular weight is 299 g/mol. The van der Waals surface area contributed by atoms with Crippen molar-refractivity contribution in [1.29, 1.82) is 0 Å². The highest BCUT2D eigenvalue weighted by molar-refractivity contribution is 6.17. The number of hydrogen-bond donors (Lipinski definition) is 0. The predicted octanol–water partition coefficient (Wildman–Crippen LogP) is 4.29. The lowest BCUT2D eigenvalue weighted by molar-refractivity contribution is 0.289. The molecule has 2 aromatic carbocycles. The highest BCUT2D eigenvalue weighted by Crippen LogP contribution is 2.27. The zero-order valence-electron chi connectivity index (χ0n) is 10.8. The molecule has 0 atom stereocenters. The number of benzene rings is 2. The van der Waals surface area contributed by atoms with Crippen LogP contribution in [0.2, 0.25) is 0 Å². The molecule has 0 radical (unpaired) electrons. The number of ether oxygens (including phenoxy) is 2. The van der Waals surface area contributed by atoms with Gasteiger partial charge < -0.3 is 9.47 Å². The average Bonchev–Trinajstić information content (AvgIpc) is 2.46. The molecule has 2 nitrogen and oxygen atoms in total. The fraction of sp³-hybridized carbons (Fsp3) is 0.200. The Labute approximate surface area is 120 Å². The fourth-order valence-corrected chi connectivity index (χ4v) is 1.96. The van der Waals surface area contributed by atoms with E-state index in [2.05, 4.69) is 0 Å². The van der Waals surface area contributed by atoms with E-state index >= 15 is 0 Å². The predicted molar refractivity (Wildman–Crippen MR) is 73.2 cm³/mol. The molecule has 0 fully saturated rings. The normalized spacial score (nSPS) is 10.4. The van der Waals surface area contributed by atoms with Crippen LogP contribution >= 0.6 is 11.6 Å². The van der Waals surface area contributed by atoms with Crippen LogP contribution in [0.3, 0.4) is 0 Å². The van der Waals surface area contributed by atoms with E-state index in [1.807, 2.05) is 0 Å². The lowest BCUT2D eigenvalue weighted by Gasteiger charge is -2.12. The summed E-state index contributed by atoms with van der Waals surface area (Å²) in [7, 11) is 1.54. The van der Waals surface area contributed by atoms with Gasteiger partial charge in [0, 0.05) is 5.56 Å². The lowest BCUT2D eigenvalue weighted by Crippen LogP contribution is -2.03. The van der Waals surface area contributed by atoms with E-state index in [0.717, 1.165) is 0 Å². The van der Waals surface area contributed by atoms with E-state index in [0.29, 0.717) is 17.1 Å². The highest BCUT2D eigenvalue weighted by atomic mass is 35.5. The van der Waals surface area contributed by atoms with Crippen molar-refractivity contribution < 1.29 is 18.3 Å². The summed E-state index contributed by atoms with van der Waals surface area (Å²) >= 11 is 5.82. The van der Waals surface area contributed by atoms with Crippen molar-refractivity contribution in [3.05, 3.63) is 59.2 Å². The molecule has 0 aliphatic rings. The Morgan fingerprint density at radius 2 is 1.80 bits per heavy atom. The van der Waals surface area contributed by atoms with Gasteiger partial charge in [-0.15, -0.1) is 11.6 Å². The smallest absolute Gasteiger partial charge is 0.132 e. The van der Waals surface area contributed by atoms with Crippen molar-refractivity contribution in [1.82, 2.24) is 0 Å². The van der Waals surface area contributed by atoms with Crippen LogP contribution in [0.4, 0.5) is 8.78 Å². The van der Waals surface area contributed by atoms with Crippen molar-refractivity contribution in [3.8, 4) is 11.5 Å². The van der Waals surface area contributed by atoms with Crippen LogP contribution in [0.15, 0.2) is 36.4 Å². The summed E-state index contributed by atoms with van der Waals surface area (Å²) in [6, 6.07) is 8.78. The first-order chi connectivity index (χ1) is 9.65. The van der Waals surface area contributed by atoms with Crippen molar-refractivity contribution >= 4 is 11.6 Å². The van der Waals surface area contributed by atoms with E-state index in [1.165, 1.54) is 18.2 Å². The Hall–Kier alpha value is -1.81. The van der Waals surface area contributed by atoms with E-state index in [4.69, 9.17) is 21.1 Å². The number of alkyl halides is 1. The Bertz CT molecular complexity index is 582. The molecule has 0 aliphatic carbocycles. The second kappa shape index (κ2) is 6.57. The number of halogens is 3. The number of hydrogen-bond acceptors (Lipinski definition) is 2. The first-order valence-electron chi connectivity index (χ1n) is 5.94. The van der Waals surface area contributed by atoms with E-state index in [-0.39, 0.29) is 18.1 Å². The first-order valence-corrected chi connectivity index (χ1v) is 6.47. The minimum absolute atomic E-state index is 0.108. The molecule has 0 aromatic heterocycles. The second-order valence-corrected chi connectivity index (χ2v) is 4.36. The van der Waals surface area contributed by atoms with Gasteiger partial charge in [0.1, 0.15) is 29.7 Å². The maximum Gasteiger partial charge on any atom is 0.132 e. The molecule has 0 unspecified atom stereocenters. The van der Waals surface area contributed by atoms with E-state index in [1.54, 1.807) is 25.3 Å². The molecule has 20 heavy (non-hydrogen) atoms. The molecule has 2 rings (SSSR count). The maximum atomic E-state index is 13.5. The molecule has 2 aromatic rings. The third kappa shape index (κ3) is 3.20. The third-order valence-corrected chi connectivity index (χ3v) is 3.13. The molecular formula is C15H13ClF2O2. The SMILES string of the molecule is COc1ccc(OCc2c(F)cccc2F)c(CCl)c1. The molecule has 0 saturated heterocycles. The van der Waals surface area contributed by atoms with Gasteiger partial charge in [0.15, 0.2) is 0 Å². The van der Waals surface area contributed by atoms with Crippen LogP contribution in [-0.2, 0) is 12.5 Å². The minimum Gasteiger partial charge on any atom is -0.497 e. The lowest BCUT2D eigenvalue weighted by atomic mass is 10.2. The quantitative estimate of drug-likeness (QED) is 0.767. The number of rotatable bonds is 5. The monoisotopic (exact) mass is 298 g/mol. The van der Waals surface area contributed by atoms with Gasteiger partial charge >= 0.3 is 0 Å². The molecule has 106 valence electrons. The van der Waals surface area contributed by atoms with Crippen LogP contribution in [-0.4, -0.2) is 7.11 Å². The van der Waals surface area contributed by atoms with Gasteiger partial charge in [-0.2, -0.15) is 0 Å². The first kappa shape index (κ1) is 14.6. The summed E-state index contributed by atoms with van der Waals surface area (Å²) in [5.41, 5.74) is 0.589. The van der Waals surface area contributed by atoms with Crippen LogP contribution in [0.25, 0.3) is 0 Å². The topological polar surface area (TPSA) is 18.5 Å². The Morgan fingerprint density at radius 1 is 1.10 bits per heavy atom. The van der Waals surface area contributed by atoms with E-state index < -0.39 is 11.6 Å². The maximum absolute atomic E-state index is 13.5. The number of methoxy groups -OCH3 is 1. The van der Waals surface area contributed by atoms with Crippen molar-refractivity contribution in [2.24, 2.45) is 0 Å². The molecule has 0 spiro atoms. The Morgan fingerprint density at radius 3 is 2.40 bits per heavy atom. The zero-order valence-corrected chi connectivity index (χ0v) is 11.6. The molecular weight excluding hydrogens is 286 g/mol. The van der Waals surface area contributed by atoms with Crippen LogP contribution in [0, 0.1) is 11.6 Å². The van der Waals surface area contributed by atoms with Gasteiger partial charge in [-0.25, -0.2) is 8.78 Å². The summed E-state index contributed by atoms with van der Waals surface area (Å²) in [6.07, 6.45) is 0. The van der Waals surface area contributed by atoms with Crippen LogP contribution in [0.5, 0.6) is 11.5 Å². The molecule has 0 bridgehead atoms. The van der Waals surface area contributed by atoms with Gasteiger partial charge in [-0.05, 0) is 30.3 Å². The molecule has 0 amide bonds. The molecule has 0 heterocycles. The van der Waals surface area contributed by atoms with Gasteiger partial charge in [0.25, 0.3) is 0 Å². The van der Waals surface area contributed by atoms with Gasteiger partial charge in [-0.1, -0.05) is 6.07 Å².